The van der Waals surface area contributed by atoms with E-state index < -0.39 is 0 Å². The van der Waals surface area contributed by atoms with Crippen LogP contribution in [0, 0.1) is 0 Å². The molecule has 9 nitrogen and oxygen atoms in total. The third-order valence-corrected chi connectivity index (χ3v) is 6.42. The summed E-state index contributed by atoms with van der Waals surface area (Å²) in [6.07, 6.45) is 4.45. The van der Waals surface area contributed by atoms with Crippen molar-refractivity contribution in [2.24, 2.45) is 11.5 Å². The van der Waals surface area contributed by atoms with E-state index >= 15 is 0 Å². The van der Waals surface area contributed by atoms with E-state index in [-0.39, 0.29) is 30.3 Å². The SMILES string of the molecule is NCCC(=O)Nc1ccc(Cn2c(C(=O)N[C@H]3CC[C@H](N)CC3)cc3ccc(NC=O)cc32)cc1. The third kappa shape index (κ3) is 6.06. The van der Waals surface area contributed by atoms with E-state index in [1.54, 1.807) is 0 Å². The highest BCUT2D eigenvalue weighted by atomic mass is 16.2. The van der Waals surface area contributed by atoms with Crippen LogP contribution in [-0.2, 0) is 16.1 Å². The molecule has 9 heteroatoms. The number of carbonyl (C=O) groups excluding carboxylic acids is 3. The van der Waals surface area contributed by atoms with Crippen LogP contribution in [0.25, 0.3) is 10.9 Å². The Morgan fingerprint density at radius 2 is 1.71 bits per heavy atom. The van der Waals surface area contributed by atoms with E-state index in [1.165, 1.54) is 0 Å². The fourth-order valence-electron chi connectivity index (χ4n) is 4.52. The van der Waals surface area contributed by atoms with Crippen LogP contribution in [-0.4, -0.2) is 41.4 Å². The second kappa shape index (κ2) is 11.2. The standard InChI is InChI=1S/C26H32N6O3/c27-12-11-25(34)30-20-6-1-17(2-7-20)15-32-23-14-22(29-16-33)8-3-18(23)13-24(32)26(35)31-21-9-4-19(28)5-10-21/h1-3,6-8,13-14,16,19,21H,4-5,9-12,15,27-28H2,(H,29,33)(H,30,34)(H,31,35)/t19-,21-. The summed E-state index contributed by atoms with van der Waals surface area (Å²) in [6, 6.07) is 15.3. The van der Waals surface area contributed by atoms with Crippen molar-refractivity contribution >= 4 is 40.5 Å². The normalized spacial score (nSPS) is 17.7. The van der Waals surface area contributed by atoms with Crippen molar-refractivity contribution < 1.29 is 14.4 Å². The van der Waals surface area contributed by atoms with Gasteiger partial charge in [0.05, 0.1) is 5.52 Å². The maximum atomic E-state index is 13.3. The first-order chi connectivity index (χ1) is 17.0. The zero-order chi connectivity index (χ0) is 24.8. The van der Waals surface area contributed by atoms with Gasteiger partial charge in [0.2, 0.25) is 12.3 Å². The van der Waals surface area contributed by atoms with Crippen LogP contribution in [0.3, 0.4) is 0 Å². The number of carbonyl (C=O) groups is 3. The van der Waals surface area contributed by atoms with Gasteiger partial charge < -0.3 is 32.0 Å². The second-order valence-electron chi connectivity index (χ2n) is 9.02. The van der Waals surface area contributed by atoms with Gasteiger partial charge in [-0.15, -0.1) is 0 Å². The van der Waals surface area contributed by atoms with Gasteiger partial charge in [0, 0.05) is 48.4 Å². The summed E-state index contributed by atoms with van der Waals surface area (Å²) in [7, 11) is 0. The minimum Gasteiger partial charge on any atom is -0.348 e. The number of benzene rings is 2. The van der Waals surface area contributed by atoms with Crippen LogP contribution in [0.1, 0.15) is 48.2 Å². The number of nitrogens with two attached hydrogens (primary N) is 2. The molecule has 0 aliphatic heterocycles. The molecule has 1 saturated carbocycles. The van der Waals surface area contributed by atoms with Gasteiger partial charge in [0.25, 0.3) is 5.91 Å². The third-order valence-electron chi connectivity index (χ3n) is 6.42. The van der Waals surface area contributed by atoms with E-state index in [2.05, 4.69) is 16.0 Å². The molecule has 0 atom stereocenters. The summed E-state index contributed by atoms with van der Waals surface area (Å²) in [5, 5.41) is 9.58. The van der Waals surface area contributed by atoms with Gasteiger partial charge in [-0.05, 0) is 61.6 Å². The Morgan fingerprint density at radius 3 is 2.40 bits per heavy atom. The predicted octanol–water partition coefficient (Wildman–Crippen LogP) is 2.54. The largest absolute Gasteiger partial charge is 0.348 e. The Kier molecular flexibility index (Phi) is 7.79. The minimum absolute atomic E-state index is 0.109. The maximum absolute atomic E-state index is 13.3. The van der Waals surface area contributed by atoms with Crippen LogP contribution in [0.5, 0.6) is 0 Å². The van der Waals surface area contributed by atoms with Gasteiger partial charge in [-0.25, -0.2) is 0 Å². The van der Waals surface area contributed by atoms with Gasteiger partial charge >= 0.3 is 0 Å². The quantitative estimate of drug-likeness (QED) is 0.302. The number of hydrogen-bond donors (Lipinski definition) is 5. The Balaban J connectivity index is 1.61. The van der Waals surface area contributed by atoms with Crippen LogP contribution in [0.4, 0.5) is 11.4 Å². The molecular weight excluding hydrogens is 444 g/mol. The average molecular weight is 477 g/mol. The summed E-state index contributed by atoms with van der Waals surface area (Å²) in [6.45, 7) is 0.743. The molecule has 2 aromatic carbocycles. The highest BCUT2D eigenvalue weighted by Crippen LogP contribution is 2.26. The summed E-state index contributed by atoms with van der Waals surface area (Å²) >= 11 is 0. The fourth-order valence-corrected chi connectivity index (χ4v) is 4.52. The summed E-state index contributed by atoms with van der Waals surface area (Å²) in [5.41, 5.74) is 15.2. The molecule has 0 radical (unpaired) electrons. The van der Waals surface area contributed by atoms with Gasteiger partial charge in [-0.2, -0.15) is 0 Å². The number of nitrogens with one attached hydrogen (secondary N) is 3. The number of aromatic nitrogens is 1. The van der Waals surface area contributed by atoms with E-state index in [9.17, 15) is 14.4 Å². The summed E-state index contributed by atoms with van der Waals surface area (Å²) in [4.78, 5) is 36.1. The molecule has 0 spiro atoms. The van der Waals surface area contributed by atoms with Gasteiger partial charge in [0.1, 0.15) is 5.69 Å². The molecule has 1 heterocycles. The van der Waals surface area contributed by atoms with E-state index in [4.69, 9.17) is 11.5 Å². The molecule has 1 aliphatic carbocycles. The zero-order valence-electron chi connectivity index (χ0n) is 19.6. The molecule has 3 aromatic rings. The maximum Gasteiger partial charge on any atom is 0.268 e. The molecule has 1 aliphatic rings. The number of rotatable bonds is 9. The zero-order valence-corrected chi connectivity index (χ0v) is 19.6. The molecular formula is C26H32N6O3. The van der Waals surface area contributed by atoms with Crippen LogP contribution >= 0.6 is 0 Å². The number of amides is 3. The van der Waals surface area contributed by atoms with Crippen molar-refractivity contribution in [1.82, 2.24) is 9.88 Å². The highest BCUT2D eigenvalue weighted by Gasteiger charge is 2.23. The van der Waals surface area contributed by atoms with Gasteiger partial charge in [-0.1, -0.05) is 18.2 Å². The minimum atomic E-state index is -0.130. The van der Waals surface area contributed by atoms with Crippen LogP contribution < -0.4 is 27.4 Å². The van der Waals surface area contributed by atoms with Crippen LogP contribution in [0.15, 0.2) is 48.5 Å². The first-order valence-corrected chi connectivity index (χ1v) is 12.0. The highest BCUT2D eigenvalue weighted by molar-refractivity contribution is 6.00. The summed E-state index contributed by atoms with van der Waals surface area (Å²) in [5.74, 6) is -0.258. The first-order valence-electron chi connectivity index (χ1n) is 12.0. The van der Waals surface area contributed by atoms with Crippen molar-refractivity contribution in [2.75, 3.05) is 17.2 Å². The van der Waals surface area contributed by atoms with E-state index in [1.807, 2.05) is 53.1 Å². The Labute approximate surface area is 204 Å². The lowest BCUT2D eigenvalue weighted by atomic mass is 9.92. The molecule has 4 rings (SSSR count). The van der Waals surface area contributed by atoms with Gasteiger partial charge in [0.15, 0.2) is 0 Å². The second-order valence-corrected chi connectivity index (χ2v) is 9.02. The van der Waals surface area contributed by atoms with Crippen molar-refractivity contribution in [3.05, 3.63) is 59.8 Å². The van der Waals surface area contributed by atoms with E-state index in [0.29, 0.717) is 36.6 Å². The number of anilines is 2. The number of hydrogen-bond acceptors (Lipinski definition) is 5. The fraction of sp³-hybridized carbons (Fsp3) is 0.346. The molecule has 0 unspecified atom stereocenters. The first kappa shape index (κ1) is 24.4. The predicted molar refractivity (Wildman–Crippen MR) is 137 cm³/mol. The molecule has 184 valence electrons. The topological polar surface area (TPSA) is 144 Å². The molecule has 1 aromatic heterocycles. The molecule has 0 saturated heterocycles. The molecule has 3 amide bonds. The summed E-state index contributed by atoms with van der Waals surface area (Å²) < 4.78 is 1.96. The Bertz CT molecular complexity index is 1200. The molecule has 35 heavy (non-hydrogen) atoms. The lowest BCUT2D eigenvalue weighted by Crippen LogP contribution is -2.41. The monoisotopic (exact) mass is 476 g/mol. The molecule has 0 bridgehead atoms. The van der Waals surface area contributed by atoms with Gasteiger partial charge in [-0.3, -0.25) is 14.4 Å². The van der Waals surface area contributed by atoms with Crippen LogP contribution in [0.2, 0.25) is 0 Å². The lowest BCUT2D eigenvalue weighted by Gasteiger charge is -2.27. The lowest BCUT2D eigenvalue weighted by molar-refractivity contribution is -0.116. The number of nitrogens with zero attached hydrogens (tertiary/aromatic N) is 1. The van der Waals surface area contributed by atoms with Crippen molar-refractivity contribution in [3.63, 3.8) is 0 Å². The Morgan fingerprint density at radius 1 is 1.00 bits per heavy atom. The number of fused-ring (bicyclic) bond motifs is 1. The van der Waals surface area contributed by atoms with Crippen molar-refractivity contribution in [1.29, 1.82) is 0 Å². The van der Waals surface area contributed by atoms with Crippen molar-refractivity contribution in [3.8, 4) is 0 Å². The molecule has 1 fully saturated rings. The molecule has 7 N–H and O–H groups in total. The van der Waals surface area contributed by atoms with E-state index in [0.717, 1.165) is 42.1 Å². The smallest absolute Gasteiger partial charge is 0.268 e. The Hall–Kier alpha value is -3.69. The average Bonchev–Trinajstić information content (AvgIpc) is 3.20. The van der Waals surface area contributed by atoms with Crippen molar-refractivity contribution in [2.45, 2.75) is 50.7 Å².